The Morgan fingerprint density at radius 1 is 1.33 bits per heavy atom. The van der Waals surface area contributed by atoms with Crippen molar-refractivity contribution in [2.24, 2.45) is 0 Å². The molecule has 1 unspecified atom stereocenters. The molecule has 1 rings (SSSR count). The maximum absolute atomic E-state index is 12.4. The maximum Gasteiger partial charge on any atom is 0.411 e. The van der Waals surface area contributed by atoms with Crippen LogP contribution in [0.5, 0.6) is 0 Å². The summed E-state index contributed by atoms with van der Waals surface area (Å²) >= 11 is 3.31. The number of methoxy groups -OCH3 is 1. The lowest BCUT2D eigenvalue weighted by Gasteiger charge is -2.36. The van der Waals surface area contributed by atoms with E-state index in [1.807, 2.05) is 32.9 Å². The van der Waals surface area contributed by atoms with Crippen LogP contribution in [0.4, 0.5) is 4.79 Å². The van der Waals surface area contributed by atoms with Crippen molar-refractivity contribution in [1.29, 1.82) is 0 Å². The van der Waals surface area contributed by atoms with Gasteiger partial charge in [0.25, 0.3) is 0 Å². The number of hydrogen-bond acceptors (Lipinski definition) is 4. The number of alkyl halides is 1. The lowest BCUT2D eigenvalue weighted by atomic mass is 9.92. The molecule has 1 atom stereocenters. The average molecular weight is 362 g/mol. The number of hydrogen-bond donors (Lipinski definition) is 0. The first kappa shape index (κ1) is 18.0. The maximum atomic E-state index is 12.4. The van der Waals surface area contributed by atoms with Crippen molar-refractivity contribution in [3.05, 3.63) is 12.2 Å². The van der Waals surface area contributed by atoms with Gasteiger partial charge in [-0.3, -0.25) is 4.90 Å². The Kier molecular flexibility index (Phi) is 6.25. The number of amides is 1. The van der Waals surface area contributed by atoms with Gasteiger partial charge in [0.2, 0.25) is 0 Å². The van der Waals surface area contributed by atoms with Gasteiger partial charge in [0.1, 0.15) is 11.1 Å². The molecule has 0 spiro atoms. The van der Waals surface area contributed by atoms with Gasteiger partial charge in [-0.25, -0.2) is 9.59 Å². The van der Waals surface area contributed by atoms with E-state index in [4.69, 9.17) is 9.47 Å². The molecule has 0 aliphatic carbocycles. The first-order valence-electron chi connectivity index (χ1n) is 7.07. The van der Waals surface area contributed by atoms with Crippen LogP contribution in [0.15, 0.2) is 12.2 Å². The van der Waals surface area contributed by atoms with Gasteiger partial charge in [0.15, 0.2) is 0 Å². The Morgan fingerprint density at radius 3 is 2.52 bits per heavy atom. The van der Waals surface area contributed by atoms with E-state index in [0.29, 0.717) is 24.7 Å². The number of esters is 1. The molecule has 1 heterocycles. The zero-order valence-corrected chi connectivity index (χ0v) is 14.7. The van der Waals surface area contributed by atoms with Crippen LogP contribution in [-0.4, -0.2) is 47.1 Å². The molecule has 1 aliphatic heterocycles. The predicted octanol–water partition coefficient (Wildman–Crippen LogP) is 3.27. The minimum Gasteiger partial charge on any atom is -0.467 e. The van der Waals surface area contributed by atoms with Crippen molar-refractivity contribution in [1.82, 2.24) is 4.90 Å². The third-order valence-corrected chi connectivity index (χ3v) is 3.75. The van der Waals surface area contributed by atoms with E-state index in [1.54, 1.807) is 0 Å². The van der Waals surface area contributed by atoms with E-state index in [-0.39, 0.29) is 5.97 Å². The van der Waals surface area contributed by atoms with Crippen LogP contribution in [0.2, 0.25) is 0 Å². The Hall–Kier alpha value is -1.04. The number of likely N-dealkylation sites (tertiary alicyclic amines) is 1. The number of halogens is 1. The summed E-state index contributed by atoms with van der Waals surface area (Å²) in [4.78, 5) is 26.2. The summed E-state index contributed by atoms with van der Waals surface area (Å²) < 4.78 is 10.4. The molecule has 1 saturated heterocycles. The second-order valence-corrected chi connectivity index (χ2v) is 6.74. The van der Waals surface area contributed by atoms with Crippen LogP contribution in [0.1, 0.15) is 40.0 Å². The first-order chi connectivity index (χ1) is 9.77. The van der Waals surface area contributed by atoms with E-state index in [9.17, 15) is 9.59 Å². The number of carbonyl (C=O) groups is 2. The summed E-state index contributed by atoms with van der Waals surface area (Å²) in [5.41, 5.74) is -1.54. The smallest absolute Gasteiger partial charge is 0.411 e. The van der Waals surface area contributed by atoms with Crippen LogP contribution in [0.25, 0.3) is 0 Å². The average Bonchev–Trinajstić information content (AvgIpc) is 2.81. The summed E-state index contributed by atoms with van der Waals surface area (Å²) in [5.74, 6) is -0.384. The molecule has 1 aliphatic rings. The molecule has 0 saturated carbocycles. The fourth-order valence-corrected chi connectivity index (χ4v) is 2.77. The highest BCUT2D eigenvalue weighted by atomic mass is 79.9. The summed E-state index contributed by atoms with van der Waals surface area (Å²) in [7, 11) is 1.35. The molecular formula is C15H24BrNO4. The van der Waals surface area contributed by atoms with E-state index < -0.39 is 17.2 Å². The lowest BCUT2D eigenvalue weighted by Crippen LogP contribution is -2.54. The van der Waals surface area contributed by atoms with Crippen molar-refractivity contribution in [3.63, 3.8) is 0 Å². The van der Waals surface area contributed by atoms with Crippen LogP contribution in [0, 0.1) is 0 Å². The molecule has 1 fully saturated rings. The SMILES string of the molecule is COC(=O)C1(C/C=C\CBr)CCCN1C(=O)OC(C)(C)C. The van der Waals surface area contributed by atoms with Crippen LogP contribution < -0.4 is 0 Å². The normalized spacial score (nSPS) is 22.6. The van der Waals surface area contributed by atoms with Gasteiger partial charge in [-0.1, -0.05) is 28.1 Å². The summed E-state index contributed by atoms with van der Waals surface area (Å²) in [6.07, 6.45) is 5.13. The minimum absolute atomic E-state index is 0.384. The molecule has 0 bridgehead atoms. The number of ether oxygens (including phenoxy) is 2. The second kappa shape index (κ2) is 7.29. The summed E-state index contributed by atoms with van der Waals surface area (Å²) in [5, 5.41) is 0.705. The molecule has 5 nitrogen and oxygen atoms in total. The monoisotopic (exact) mass is 361 g/mol. The standard InChI is InChI=1S/C15H24BrNO4/c1-14(2,3)21-13(19)17-11-7-9-15(17,12(18)20-4)8-5-6-10-16/h5-6H,7-11H2,1-4H3/b6-5-. The van der Waals surface area contributed by atoms with Crippen LogP contribution in [0.3, 0.4) is 0 Å². The van der Waals surface area contributed by atoms with Gasteiger partial charge in [0.05, 0.1) is 7.11 Å². The van der Waals surface area contributed by atoms with Gasteiger partial charge in [-0.2, -0.15) is 0 Å². The Labute approximate surface area is 134 Å². The Bertz CT molecular complexity index is 416. The highest BCUT2D eigenvalue weighted by Crippen LogP contribution is 2.35. The van der Waals surface area contributed by atoms with E-state index in [1.165, 1.54) is 12.0 Å². The Morgan fingerprint density at radius 2 is 2.00 bits per heavy atom. The number of allylic oxidation sites excluding steroid dienone is 1. The third-order valence-electron chi connectivity index (χ3n) is 3.38. The fourth-order valence-electron chi connectivity index (χ4n) is 2.50. The third kappa shape index (κ3) is 4.46. The zero-order valence-electron chi connectivity index (χ0n) is 13.1. The largest absolute Gasteiger partial charge is 0.467 e. The summed E-state index contributed by atoms with van der Waals surface area (Å²) in [6.45, 7) is 5.94. The van der Waals surface area contributed by atoms with Crippen LogP contribution in [-0.2, 0) is 14.3 Å². The fraction of sp³-hybridized carbons (Fsp3) is 0.733. The van der Waals surface area contributed by atoms with Crippen molar-refractivity contribution < 1.29 is 19.1 Å². The van der Waals surface area contributed by atoms with Gasteiger partial charge < -0.3 is 9.47 Å². The second-order valence-electron chi connectivity index (χ2n) is 6.09. The summed E-state index contributed by atoms with van der Waals surface area (Å²) in [6, 6.07) is 0. The predicted molar refractivity (Wildman–Crippen MR) is 84.5 cm³/mol. The van der Waals surface area contributed by atoms with Crippen LogP contribution >= 0.6 is 15.9 Å². The zero-order chi connectivity index (χ0) is 16.1. The van der Waals surface area contributed by atoms with E-state index in [0.717, 1.165) is 6.42 Å². The quantitative estimate of drug-likeness (QED) is 0.438. The van der Waals surface area contributed by atoms with Crippen molar-refractivity contribution >= 4 is 28.0 Å². The molecule has 0 aromatic carbocycles. The molecule has 21 heavy (non-hydrogen) atoms. The van der Waals surface area contributed by atoms with Gasteiger partial charge in [0, 0.05) is 11.9 Å². The highest BCUT2D eigenvalue weighted by molar-refractivity contribution is 9.09. The van der Waals surface area contributed by atoms with Gasteiger partial charge in [-0.15, -0.1) is 0 Å². The topological polar surface area (TPSA) is 55.8 Å². The number of carbonyl (C=O) groups excluding carboxylic acids is 2. The Balaban J connectivity index is 3.01. The van der Waals surface area contributed by atoms with Crippen molar-refractivity contribution in [3.8, 4) is 0 Å². The number of nitrogens with zero attached hydrogens (tertiary/aromatic N) is 1. The molecule has 6 heteroatoms. The molecule has 0 aromatic heterocycles. The van der Waals surface area contributed by atoms with Crippen molar-refractivity contribution in [2.45, 2.75) is 51.2 Å². The van der Waals surface area contributed by atoms with Crippen molar-refractivity contribution in [2.75, 3.05) is 19.0 Å². The molecule has 0 aromatic rings. The first-order valence-corrected chi connectivity index (χ1v) is 8.19. The highest BCUT2D eigenvalue weighted by Gasteiger charge is 2.51. The number of rotatable bonds is 4. The van der Waals surface area contributed by atoms with Gasteiger partial charge >= 0.3 is 12.1 Å². The molecule has 120 valence electrons. The van der Waals surface area contributed by atoms with E-state index in [2.05, 4.69) is 15.9 Å². The molecule has 0 N–H and O–H groups in total. The van der Waals surface area contributed by atoms with Gasteiger partial charge in [-0.05, 0) is 40.0 Å². The van der Waals surface area contributed by atoms with E-state index >= 15 is 0 Å². The molecular weight excluding hydrogens is 338 g/mol. The molecule has 1 amide bonds. The minimum atomic E-state index is -0.949. The molecule has 0 radical (unpaired) electrons. The lowest BCUT2D eigenvalue weighted by molar-refractivity contribution is -0.153.